The van der Waals surface area contributed by atoms with Gasteiger partial charge in [-0.3, -0.25) is 0 Å². The second-order valence-corrected chi connectivity index (χ2v) is 3.31. The minimum Gasteiger partial charge on any atom is -0.504 e. The molecule has 0 bridgehead atoms. The summed E-state index contributed by atoms with van der Waals surface area (Å²) in [4.78, 5) is 0. The second-order valence-electron chi connectivity index (χ2n) is 3.31. The van der Waals surface area contributed by atoms with E-state index in [-0.39, 0.29) is 5.75 Å². The van der Waals surface area contributed by atoms with E-state index in [1.807, 2.05) is 19.1 Å². The van der Waals surface area contributed by atoms with E-state index in [4.69, 9.17) is 4.74 Å². The molecule has 0 fully saturated rings. The summed E-state index contributed by atoms with van der Waals surface area (Å²) in [6.45, 7) is 6.71. The Bertz CT molecular complexity index is 279. The highest BCUT2D eigenvalue weighted by atomic mass is 16.5. The Morgan fingerprint density at radius 3 is 2.62 bits per heavy atom. The highest BCUT2D eigenvalue weighted by molar-refractivity contribution is 5.42. The van der Waals surface area contributed by atoms with E-state index in [2.05, 4.69) is 13.8 Å². The number of hydrogen-bond donors (Lipinski definition) is 1. The van der Waals surface area contributed by atoms with Crippen LogP contribution in [-0.4, -0.2) is 11.7 Å². The maximum absolute atomic E-state index is 9.42. The summed E-state index contributed by atoms with van der Waals surface area (Å²) < 4.78 is 5.28. The van der Waals surface area contributed by atoms with Crippen molar-refractivity contribution in [3.05, 3.63) is 23.8 Å². The van der Waals surface area contributed by atoms with Crippen molar-refractivity contribution >= 4 is 0 Å². The average molecular weight is 180 g/mol. The largest absolute Gasteiger partial charge is 0.504 e. The second kappa shape index (κ2) is 4.17. The molecule has 2 nitrogen and oxygen atoms in total. The summed E-state index contributed by atoms with van der Waals surface area (Å²) in [5, 5.41) is 9.42. The third-order valence-corrected chi connectivity index (χ3v) is 1.95. The summed E-state index contributed by atoms with van der Waals surface area (Å²) in [6.07, 6.45) is 0. The van der Waals surface area contributed by atoms with Crippen molar-refractivity contribution in [2.75, 3.05) is 6.61 Å². The summed E-state index contributed by atoms with van der Waals surface area (Å²) >= 11 is 0. The number of ether oxygens (including phenoxy) is 1. The van der Waals surface area contributed by atoms with E-state index in [9.17, 15) is 5.11 Å². The van der Waals surface area contributed by atoms with Crippen LogP contribution in [0.25, 0.3) is 0 Å². The Labute approximate surface area is 79.2 Å². The molecule has 1 N–H and O–H groups in total. The molecule has 13 heavy (non-hydrogen) atoms. The topological polar surface area (TPSA) is 29.5 Å². The predicted molar refractivity (Wildman–Crippen MR) is 53.4 cm³/mol. The third-order valence-electron chi connectivity index (χ3n) is 1.95. The van der Waals surface area contributed by atoms with E-state index < -0.39 is 0 Å². The van der Waals surface area contributed by atoms with Gasteiger partial charge in [0.25, 0.3) is 0 Å². The minimum absolute atomic E-state index is 0.214. The lowest BCUT2D eigenvalue weighted by atomic mass is 10.0. The average Bonchev–Trinajstić information content (AvgIpc) is 2.08. The lowest BCUT2D eigenvalue weighted by molar-refractivity contribution is 0.317. The Morgan fingerprint density at radius 2 is 2.08 bits per heavy atom. The van der Waals surface area contributed by atoms with Crippen molar-refractivity contribution in [3.63, 3.8) is 0 Å². The van der Waals surface area contributed by atoms with Gasteiger partial charge in [0.15, 0.2) is 11.5 Å². The first-order valence-corrected chi connectivity index (χ1v) is 4.60. The molecule has 1 aromatic carbocycles. The molecule has 1 aromatic rings. The van der Waals surface area contributed by atoms with Crippen LogP contribution in [0.4, 0.5) is 0 Å². The molecule has 0 spiro atoms. The van der Waals surface area contributed by atoms with Gasteiger partial charge in [0, 0.05) is 0 Å². The van der Waals surface area contributed by atoms with Crippen molar-refractivity contribution in [2.24, 2.45) is 0 Å². The zero-order valence-electron chi connectivity index (χ0n) is 8.37. The Hall–Kier alpha value is -1.18. The highest BCUT2D eigenvalue weighted by Crippen LogP contribution is 2.29. The van der Waals surface area contributed by atoms with Crippen LogP contribution in [-0.2, 0) is 0 Å². The van der Waals surface area contributed by atoms with Crippen LogP contribution in [0.2, 0.25) is 0 Å². The molecule has 0 atom stereocenters. The third kappa shape index (κ3) is 2.38. The SMILES string of the molecule is CCOc1cc(C(C)C)ccc1O. The zero-order chi connectivity index (χ0) is 9.84. The van der Waals surface area contributed by atoms with E-state index in [1.54, 1.807) is 6.07 Å². The van der Waals surface area contributed by atoms with Crippen molar-refractivity contribution in [1.82, 2.24) is 0 Å². The Kier molecular flexibility index (Phi) is 3.18. The number of rotatable bonds is 3. The van der Waals surface area contributed by atoms with Gasteiger partial charge < -0.3 is 9.84 Å². The molecule has 0 amide bonds. The van der Waals surface area contributed by atoms with Gasteiger partial charge in [-0.25, -0.2) is 0 Å². The molecule has 0 aliphatic carbocycles. The summed E-state index contributed by atoms with van der Waals surface area (Å²) in [6, 6.07) is 5.49. The predicted octanol–water partition coefficient (Wildman–Crippen LogP) is 2.91. The molecule has 0 saturated carbocycles. The van der Waals surface area contributed by atoms with Crippen LogP contribution in [0.3, 0.4) is 0 Å². The molecule has 0 aromatic heterocycles. The van der Waals surface area contributed by atoms with Crippen molar-refractivity contribution in [2.45, 2.75) is 26.7 Å². The highest BCUT2D eigenvalue weighted by Gasteiger charge is 2.05. The number of phenolic OH excluding ortho intramolecular Hbond substituents is 1. The van der Waals surface area contributed by atoms with Crippen molar-refractivity contribution in [1.29, 1.82) is 0 Å². The summed E-state index contributed by atoms with van der Waals surface area (Å²) in [5.74, 6) is 1.25. The van der Waals surface area contributed by atoms with E-state index in [0.29, 0.717) is 18.3 Å². The van der Waals surface area contributed by atoms with E-state index >= 15 is 0 Å². The van der Waals surface area contributed by atoms with E-state index in [1.165, 1.54) is 5.56 Å². The van der Waals surface area contributed by atoms with Gasteiger partial charge in [0.2, 0.25) is 0 Å². The molecular weight excluding hydrogens is 164 g/mol. The van der Waals surface area contributed by atoms with Crippen LogP contribution in [0.1, 0.15) is 32.3 Å². The number of phenols is 1. The fourth-order valence-corrected chi connectivity index (χ4v) is 1.16. The lowest BCUT2D eigenvalue weighted by Crippen LogP contribution is -1.94. The first-order chi connectivity index (χ1) is 6.15. The van der Waals surface area contributed by atoms with Crippen molar-refractivity contribution < 1.29 is 9.84 Å². The quantitative estimate of drug-likeness (QED) is 0.775. The van der Waals surface area contributed by atoms with Gasteiger partial charge in [0.1, 0.15) is 0 Å². The van der Waals surface area contributed by atoms with Crippen LogP contribution < -0.4 is 4.74 Å². The standard InChI is InChI=1S/C11H16O2/c1-4-13-11-7-9(8(2)3)5-6-10(11)12/h5-8,12H,4H2,1-3H3. The zero-order valence-corrected chi connectivity index (χ0v) is 8.37. The van der Waals surface area contributed by atoms with Crippen LogP contribution in [0, 0.1) is 0 Å². The van der Waals surface area contributed by atoms with Crippen LogP contribution >= 0.6 is 0 Å². The van der Waals surface area contributed by atoms with Gasteiger partial charge in [-0.1, -0.05) is 19.9 Å². The maximum atomic E-state index is 9.42. The Balaban J connectivity index is 2.97. The maximum Gasteiger partial charge on any atom is 0.161 e. The van der Waals surface area contributed by atoms with Gasteiger partial charge in [-0.05, 0) is 30.5 Å². The molecule has 0 aliphatic heterocycles. The smallest absolute Gasteiger partial charge is 0.161 e. The van der Waals surface area contributed by atoms with Crippen LogP contribution in [0.5, 0.6) is 11.5 Å². The minimum atomic E-state index is 0.214. The Morgan fingerprint density at radius 1 is 1.38 bits per heavy atom. The fraction of sp³-hybridized carbons (Fsp3) is 0.455. The van der Waals surface area contributed by atoms with Crippen molar-refractivity contribution in [3.8, 4) is 11.5 Å². The first kappa shape index (κ1) is 9.90. The monoisotopic (exact) mass is 180 g/mol. The summed E-state index contributed by atoms with van der Waals surface area (Å²) in [7, 11) is 0. The molecular formula is C11H16O2. The van der Waals surface area contributed by atoms with Gasteiger partial charge in [-0.15, -0.1) is 0 Å². The normalized spacial score (nSPS) is 10.5. The number of aromatic hydroxyl groups is 1. The molecule has 1 rings (SSSR count). The van der Waals surface area contributed by atoms with E-state index in [0.717, 1.165) is 0 Å². The molecule has 0 heterocycles. The van der Waals surface area contributed by atoms with Gasteiger partial charge in [-0.2, -0.15) is 0 Å². The number of benzene rings is 1. The van der Waals surface area contributed by atoms with Gasteiger partial charge in [0.05, 0.1) is 6.61 Å². The molecule has 2 heteroatoms. The number of hydrogen-bond acceptors (Lipinski definition) is 2. The first-order valence-electron chi connectivity index (χ1n) is 4.60. The molecule has 72 valence electrons. The molecule has 0 saturated heterocycles. The molecule has 0 unspecified atom stereocenters. The molecule has 0 aliphatic rings. The van der Waals surface area contributed by atoms with Crippen LogP contribution in [0.15, 0.2) is 18.2 Å². The molecule has 0 radical (unpaired) electrons. The van der Waals surface area contributed by atoms with Gasteiger partial charge >= 0.3 is 0 Å². The lowest BCUT2D eigenvalue weighted by Gasteiger charge is -2.10. The summed E-state index contributed by atoms with van der Waals surface area (Å²) in [5.41, 5.74) is 1.18. The fourth-order valence-electron chi connectivity index (χ4n) is 1.16.